The Morgan fingerprint density at radius 2 is 1.81 bits per heavy atom. The first-order valence-electron chi connectivity index (χ1n) is 10.4. The highest BCUT2D eigenvalue weighted by molar-refractivity contribution is 6.06. The molecule has 2 amide bonds. The molecule has 1 fully saturated rings. The average Bonchev–Trinajstić information content (AvgIpc) is 3.34. The lowest BCUT2D eigenvalue weighted by Gasteiger charge is -2.18. The first kappa shape index (κ1) is 20.6. The largest absolute Gasteiger partial charge is 0.473 e. The molecule has 0 saturated carbocycles. The Hall–Kier alpha value is -3.67. The molecule has 2 aromatic carbocycles. The van der Waals surface area contributed by atoms with Crippen LogP contribution in [0.25, 0.3) is 0 Å². The van der Waals surface area contributed by atoms with Crippen molar-refractivity contribution in [3.63, 3.8) is 0 Å². The lowest BCUT2D eigenvalue weighted by molar-refractivity contribution is 0.0791. The van der Waals surface area contributed by atoms with Crippen LogP contribution in [0.1, 0.15) is 44.7 Å². The number of hydrogen-bond donors (Lipinski definition) is 1. The molecule has 0 atom stereocenters. The number of amides is 2. The van der Waals surface area contributed by atoms with Crippen LogP contribution in [-0.4, -0.2) is 34.8 Å². The van der Waals surface area contributed by atoms with Crippen LogP contribution in [0.3, 0.4) is 0 Å². The van der Waals surface area contributed by atoms with Gasteiger partial charge in [-0.1, -0.05) is 36.4 Å². The highest BCUT2D eigenvalue weighted by Gasteiger charge is 2.22. The van der Waals surface area contributed by atoms with Crippen molar-refractivity contribution in [2.45, 2.75) is 26.4 Å². The van der Waals surface area contributed by atoms with E-state index in [4.69, 9.17) is 4.74 Å². The number of likely N-dealkylation sites (tertiary alicyclic amines) is 1. The molecule has 1 aliphatic heterocycles. The number of hydrogen-bond acceptors (Lipinski definition) is 4. The van der Waals surface area contributed by atoms with Gasteiger partial charge in [-0.15, -0.1) is 0 Å². The molecule has 0 radical (unpaired) electrons. The van der Waals surface area contributed by atoms with Gasteiger partial charge in [-0.05, 0) is 49.1 Å². The van der Waals surface area contributed by atoms with Gasteiger partial charge < -0.3 is 15.0 Å². The van der Waals surface area contributed by atoms with E-state index in [0.29, 0.717) is 29.3 Å². The van der Waals surface area contributed by atoms with Crippen molar-refractivity contribution >= 4 is 17.5 Å². The standard InChI is InChI=1S/C25H25N3O3/c1-18-21(25(30)28-14-5-6-15-28)10-7-11-22(18)27-24(29)20-12-13-26-23(16-20)31-17-19-8-3-2-4-9-19/h2-4,7-13,16H,5-6,14-15,17H2,1H3,(H,27,29). The Morgan fingerprint density at radius 3 is 2.58 bits per heavy atom. The van der Waals surface area contributed by atoms with Crippen LogP contribution in [0, 0.1) is 6.92 Å². The maximum atomic E-state index is 12.8. The van der Waals surface area contributed by atoms with Crippen LogP contribution in [-0.2, 0) is 6.61 Å². The molecule has 1 aliphatic rings. The van der Waals surface area contributed by atoms with Crippen molar-refractivity contribution in [2.75, 3.05) is 18.4 Å². The molecule has 0 unspecified atom stereocenters. The third-order valence-electron chi connectivity index (χ3n) is 5.43. The summed E-state index contributed by atoms with van der Waals surface area (Å²) in [6.07, 6.45) is 3.63. The van der Waals surface area contributed by atoms with Crippen molar-refractivity contribution in [3.05, 3.63) is 89.1 Å². The quantitative estimate of drug-likeness (QED) is 0.645. The zero-order valence-corrected chi connectivity index (χ0v) is 17.5. The Bertz CT molecular complexity index is 1080. The monoisotopic (exact) mass is 415 g/mol. The number of pyridine rings is 1. The minimum absolute atomic E-state index is 0.0200. The molecule has 158 valence electrons. The van der Waals surface area contributed by atoms with Gasteiger partial charge in [0.2, 0.25) is 5.88 Å². The molecule has 0 aliphatic carbocycles. The first-order chi connectivity index (χ1) is 15.1. The lowest BCUT2D eigenvalue weighted by atomic mass is 10.0. The number of nitrogens with one attached hydrogen (secondary N) is 1. The minimum Gasteiger partial charge on any atom is -0.473 e. The van der Waals surface area contributed by atoms with Crippen LogP contribution in [0.4, 0.5) is 5.69 Å². The summed E-state index contributed by atoms with van der Waals surface area (Å²) in [5, 5.41) is 2.92. The van der Waals surface area contributed by atoms with Gasteiger partial charge in [-0.3, -0.25) is 9.59 Å². The van der Waals surface area contributed by atoms with Gasteiger partial charge in [0, 0.05) is 42.2 Å². The molecule has 4 rings (SSSR count). The number of rotatable bonds is 6. The fourth-order valence-corrected chi connectivity index (χ4v) is 3.65. The van der Waals surface area contributed by atoms with Crippen LogP contribution < -0.4 is 10.1 Å². The van der Waals surface area contributed by atoms with Gasteiger partial charge in [-0.25, -0.2) is 4.98 Å². The number of anilines is 1. The molecular formula is C25H25N3O3. The van der Waals surface area contributed by atoms with E-state index in [9.17, 15) is 9.59 Å². The summed E-state index contributed by atoms with van der Waals surface area (Å²) in [6.45, 7) is 3.81. The molecule has 1 N–H and O–H groups in total. The molecule has 6 nitrogen and oxygen atoms in total. The second kappa shape index (κ2) is 9.43. The van der Waals surface area contributed by atoms with Gasteiger partial charge in [0.15, 0.2) is 0 Å². The maximum Gasteiger partial charge on any atom is 0.255 e. The third kappa shape index (κ3) is 4.91. The number of carbonyl (C=O) groups is 2. The summed E-state index contributed by atoms with van der Waals surface area (Å²) < 4.78 is 5.72. The van der Waals surface area contributed by atoms with E-state index in [1.807, 2.05) is 54.3 Å². The van der Waals surface area contributed by atoms with Crippen molar-refractivity contribution in [2.24, 2.45) is 0 Å². The summed E-state index contributed by atoms with van der Waals surface area (Å²) >= 11 is 0. The van der Waals surface area contributed by atoms with Crippen molar-refractivity contribution in [1.82, 2.24) is 9.88 Å². The maximum absolute atomic E-state index is 12.8. The number of carbonyl (C=O) groups excluding carboxylic acids is 2. The highest BCUT2D eigenvalue weighted by Crippen LogP contribution is 2.23. The Morgan fingerprint density at radius 1 is 1.03 bits per heavy atom. The second-order valence-electron chi connectivity index (χ2n) is 7.59. The van der Waals surface area contributed by atoms with Gasteiger partial charge in [0.05, 0.1) is 0 Å². The second-order valence-corrected chi connectivity index (χ2v) is 7.59. The molecule has 3 aromatic rings. The summed E-state index contributed by atoms with van der Waals surface area (Å²) in [4.78, 5) is 31.7. The zero-order valence-electron chi connectivity index (χ0n) is 17.5. The van der Waals surface area contributed by atoms with Crippen LogP contribution in [0.2, 0.25) is 0 Å². The van der Waals surface area contributed by atoms with Crippen molar-refractivity contribution in [1.29, 1.82) is 0 Å². The molecule has 0 spiro atoms. The molecule has 2 heterocycles. The zero-order chi connectivity index (χ0) is 21.6. The molecular weight excluding hydrogens is 390 g/mol. The van der Waals surface area contributed by atoms with Gasteiger partial charge in [0.25, 0.3) is 11.8 Å². The van der Waals surface area contributed by atoms with Crippen LogP contribution in [0.5, 0.6) is 5.88 Å². The highest BCUT2D eigenvalue weighted by atomic mass is 16.5. The molecule has 6 heteroatoms. The SMILES string of the molecule is Cc1c(NC(=O)c2ccnc(OCc3ccccc3)c2)cccc1C(=O)N1CCCC1. The number of ether oxygens (including phenoxy) is 1. The Balaban J connectivity index is 1.46. The lowest BCUT2D eigenvalue weighted by Crippen LogP contribution is -2.28. The molecule has 31 heavy (non-hydrogen) atoms. The smallest absolute Gasteiger partial charge is 0.255 e. The van der Waals surface area contributed by atoms with Crippen molar-refractivity contribution < 1.29 is 14.3 Å². The van der Waals surface area contributed by atoms with Gasteiger partial charge in [-0.2, -0.15) is 0 Å². The van der Waals surface area contributed by atoms with Crippen LogP contribution in [0.15, 0.2) is 66.9 Å². The fraction of sp³-hybridized carbons (Fsp3) is 0.240. The van der Waals surface area contributed by atoms with Gasteiger partial charge >= 0.3 is 0 Å². The Labute approximate surface area is 181 Å². The van der Waals surface area contributed by atoms with Crippen LogP contribution >= 0.6 is 0 Å². The van der Waals surface area contributed by atoms with E-state index in [0.717, 1.165) is 37.1 Å². The van der Waals surface area contributed by atoms with E-state index in [-0.39, 0.29) is 11.8 Å². The number of aromatic nitrogens is 1. The topological polar surface area (TPSA) is 71.5 Å². The summed E-state index contributed by atoms with van der Waals surface area (Å²) in [5.41, 5.74) is 3.48. The van der Waals surface area contributed by atoms with E-state index >= 15 is 0 Å². The molecule has 1 aromatic heterocycles. The van der Waals surface area contributed by atoms with E-state index in [2.05, 4.69) is 10.3 Å². The average molecular weight is 415 g/mol. The van der Waals surface area contributed by atoms with E-state index in [1.165, 1.54) is 0 Å². The normalized spacial score (nSPS) is 13.1. The fourth-order valence-electron chi connectivity index (χ4n) is 3.65. The number of nitrogens with zero attached hydrogens (tertiary/aromatic N) is 2. The van der Waals surface area contributed by atoms with Crippen molar-refractivity contribution in [3.8, 4) is 5.88 Å². The molecule has 0 bridgehead atoms. The van der Waals surface area contributed by atoms with E-state index in [1.54, 1.807) is 24.4 Å². The third-order valence-corrected chi connectivity index (χ3v) is 5.43. The molecule has 1 saturated heterocycles. The minimum atomic E-state index is -0.277. The summed E-state index contributed by atoms with van der Waals surface area (Å²) in [6, 6.07) is 18.4. The van der Waals surface area contributed by atoms with Gasteiger partial charge in [0.1, 0.15) is 6.61 Å². The predicted molar refractivity (Wildman–Crippen MR) is 119 cm³/mol. The Kier molecular flexibility index (Phi) is 6.26. The first-order valence-corrected chi connectivity index (χ1v) is 10.4. The summed E-state index contributed by atoms with van der Waals surface area (Å²) in [5.74, 6) is 0.124. The number of benzene rings is 2. The predicted octanol–water partition coefficient (Wildman–Crippen LogP) is 4.46. The van der Waals surface area contributed by atoms with E-state index < -0.39 is 0 Å². The summed E-state index contributed by atoms with van der Waals surface area (Å²) in [7, 11) is 0.